The number of carbonyl (C=O) groups excluding carboxylic acids is 1. The number of rotatable bonds is 5. The van der Waals surface area contributed by atoms with Crippen molar-refractivity contribution in [1.82, 2.24) is 10.1 Å². The molecule has 0 bridgehead atoms. The van der Waals surface area contributed by atoms with E-state index in [1.54, 1.807) is 0 Å². The van der Waals surface area contributed by atoms with E-state index < -0.39 is 0 Å². The lowest BCUT2D eigenvalue weighted by Gasteiger charge is -2.33. The third kappa shape index (κ3) is 4.47. The van der Waals surface area contributed by atoms with E-state index in [4.69, 9.17) is 4.52 Å². The fourth-order valence-electron chi connectivity index (χ4n) is 3.57. The minimum atomic E-state index is -0.197. The predicted molar refractivity (Wildman–Crippen MR) is 93.7 cm³/mol. The highest BCUT2D eigenvalue weighted by atomic mass is 19.1. The Labute approximate surface area is 148 Å². The zero-order valence-corrected chi connectivity index (χ0v) is 14.9. The van der Waals surface area contributed by atoms with Crippen molar-refractivity contribution in [2.75, 3.05) is 13.1 Å². The summed E-state index contributed by atoms with van der Waals surface area (Å²) >= 11 is 0. The lowest BCUT2D eigenvalue weighted by atomic mass is 9.91. The summed E-state index contributed by atoms with van der Waals surface area (Å²) in [5.74, 6) is 1.20. The zero-order valence-electron chi connectivity index (χ0n) is 14.9. The van der Waals surface area contributed by atoms with Gasteiger partial charge in [-0.05, 0) is 63.1 Å². The maximum absolute atomic E-state index is 13.0. The van der Waals surface area contributed by atoms with Gasteiger partial charge in [0.1, 0.15) is 11.6 Å². The standard InChI is InChI=1S/C20H25FN2O2/c1-14-19(15(2)25-22-14)12-20(24)23-11-3-4-17(13-23)6-5-16-7-9-18(21)10-8-16/h7-10,17H,3-6,11-13H2,1-2H3. The summed E-state index contributed by atoms with van der Waals surface area (Å²) < 4.78 is 18.1. The molecule has 1 aromatic heterocycles. The summed E-state index contributed by atoms with van der Waals surface area (Å²) in [4.78, 5) is 14.6. The fraction of sp³-hybridized carbons (Fsp3) is 0.500. The number of carbonyl (C=O) groups is 1. The molecule has 4 nitrogen and oxygen atoms in total. The van der Waals surface area contributed by atoms with Gasteiger partial charge in [0.05, 0.1) is 12.1 Å². The second-order valence-electron chi connectivity index (χ2n) is 6.99. The van der Waals surface area contributed by atoms with Gasteiger partial charge in [-0.2, -0.15) is 0 Å². The van der Waals surface area contributed by atoms with Crippen LogP contribution in [0.4, 0.5) is 4.39 Å². The molecule has 5 heteroatoms. The van der Waals surface area contributed by atoms with Crippen LogP contribution in [-0.2, 0) is 17.6 Å². The van der Waals surface area contributed by atoms with Crippen molar-refractivity contribution >= 4 is 5.91 Å². The lowest BCUT2D eigenvalue weighted by Crippen LogP contribution is -2.41. The Kier molecular flexibility index (Phi) is 5.51. The summed E-state index contributed by atoms with van der Waals surface area (Å²) in [6.07, 6.45) is 4.52. The fourth-order valence-corrected chi connectivity index (χ4v) is 3.57. The first-order valence-corrected chi connectivity index (χ1v) is 8.97. The first-order valence-electron chi connectivity index (χ1n) is 8.97. The molecule has 0 saturated carbocycles. The van der Waals surface area contributed by atoms with Crippen LogP contribution in [0.25, 0.3) is 0 Å². The van der Waals surface area contributed by atoms with Crippen molar-refractivity contribution in [1.29, 1.82) is 0 Å². The number of hydrogen-bond acceptors (Lipinski definition) is 3. The van der Waals surface area contributed by atoms with E-state index in [1.807, 2.05) is 30.9 Å². The van der Waals surface area contributed by atoms with Gasteiger partial charge in [-0.1, -0.05) is 17.3 Å². The Morgan fingerprint density at radius 1 is 1.32 bits per heavy atom. The van der Waals surface area contributed by atoms with Gasteiger partial charge >= 0.3 is 0 Å². The van der Waals surface area contributed by atoms with Crippen LogP contribution in [0, 0.1) is 25.6 Å². The molecule has 1 aliphatic rings. The molecule has 3 rings (SSSR count). The topological polar surface area (TPSA) is 46.3 Å². The number of aromatic nitrogens is 1. The van der Waals surface area contributed by atoms with E-state index in [0.717, 1.165) is 61.4 Å². The first kappa shape index (κ1) is 17.6. The number of likely N-dealkylation sites (tertiary alicyclic amines) is 1. The summed E-state index contributed by atoms with van der Waals surface area (Å²) in [5.41, 5.74) is 2.87. The Morgan fingerprint density at radius 3 is 2.76 bits per heavy atom. The van der Waals surface area contributed by atoms with Gasteiger partial charge in [0.15, 0.2) is 0 Å². The van der Waals surface area contributed by atoms with Gasteiger partial charge < -0.3 is 9.42 Å². The maximum Gasteiger partial charge on any atom is 0.227 e. The molecule has 0 N–H and O–H groups in total. The summed E-state index contributed by atoms with van der Waals surface area (Å²) in [7, 11) is 0. The smallest absolute Gasteiger partial charge is 0.227 e. The Bertz CT molecular complexity index is 704. The van der Waals surface area contributed by atoms with E-state index in [2.05, 4.69) is 5.16 Å². The normalized spacial score (nSPS) is 17.7. The van der Waals surface area contributed by atoms with Gasteiger partial charge in [0, 0.05) is 18.7 Å². The van der Waals surface area contributed by atoms with Crippen LogP contribution < -0.4 is 0 Å². The largest absolute Gasteiger partial charge is 0.361 e. The number of aryl methyl sites for hydroxylation is 3. The minimum Gasteiger partial charge on any atom is -0.361 e. The van der Waals surface area contributed by atoms with Gasteiger partial charge in [0.2, 0.25) is 5.91 Å². The second-order valence-corrected chi connectivity index (χ2v) is 6.99. The highest BCUT2D eigenvalue weighted by Gasteiger charge is 2.25. The number of piperidine rings is 1. The average molecular weight is 344 g/mol. The molecular weight excluding hydrogens is 319 g/mol. The monoisotopic (exact) mass is 344 g/mol. The molecular formula is C20H25FN2O2. The van der Waals surface area contributed by atoms with Crippen LogP contribution in [0.5, 0.6) is 0 Å². The lowest BCUT2D eigenvalue weighted by molar-refractivity contribution is -0.132. The molecule has 1 unspecified atom stereocenters. The highest BCUT2D eigenvalue weighted by molar-refractivity contribution is 5.79. The van der Waals surface area contributed by atoms with Gasteiger partial charge in [-0.3, -0.25) is 4.79 Å². The number of amides is 1. The molecule has 1 amide bonds. The predicted octanol–water partition coefficient (Wildman–Crippen LogP) is 3.84. The molecule has 0 spiro atoms. The molecule has 1 aliphatic heterocycles. The third-order valence-corrected chi connectivity index (χ3v) is 5.14. The van der Waals surface area contributed by atoms with Crippen molar-refractivity contribution in [3.8, 4) is 0 Å². The quantitative estimate of drug-likeness (QED) is 0.828. The number of benzene rings is 1. The summed E-state index contributed by atoms with van der Waals surface area (Å²) in [6, 6.07) is 6.71. The van der Waals surface area contributed by atoms with E-state index in [1.165, 1.54) is 12.1 Å². The molecule has 1 saturated heterocycles. The van der Waals surface area contributed by atoms with E-state index in [9.17, 15) is 9.18 Å². The number of nitrogens with zero attached hydrogens (tertiary/aromatic N) is 2. The van der Waals surface area contributed by atoms with E-state index in [0.29, 0.717) is 12.3 Å². The third-order valence-electron chi connectivity index (χ3n) is 5.14. The van der Waals surface area contributed by atoms with Crippen molar-refractivity contribution < 1.29 is 13.7 Å². The first-order chi connectivity index (χ1) is 12.0. The zero-order chi connectivity index (χ0) is 17.8. The molecule has 0 aliphatic carbocycles. The Morgan fingerprint density at radius 2 is 2.08 bits per heavy atom. The van der Waals surface area contributed by atoms with Crippen LogP contribution >= 0.6 is 0 Å². The maximum atomic E-state index is 13.0. The van der Waals surface area contributed by atoms with Gasteiger partial charge in [-0.15, -0.1) is 0 Å². The number of hydrogen-bond donors (Lipinski definition) is 0. The number of halogens is 1. The summed E-state index contributed by atoms with van der Waals surface area (Å²) in [5, 5.41) is 3.93. The van der Waals surface area contributed by atoms with Crippen LogP contribution in [0.15, 0.2) is 28.8 Å². The Balaban J connectivity index is 1.53. The Hall–Kier alpha value is -2.17. The van der Waals surface area contributed by atoms with Crippen molar-refractivity contribution in [3.05, 3.63) is 52.7 Å². The van der Waals surface area contributed by atoms with Gasteiger partial charge in [0.25, 0.3) is 0 Å². The molecule has 134 valence electrons. The molecule has 25 heavy (non-hydrogen) atoms. The van der Waals surface area contributed by atoms with Crippen LogP contribution in [0.1, 0.15) is 41.8 Å². The summed E-state index contributed by atoms with van der Waals surface area (Å²) in [6.45, 7) is 5.36. The molecule has 1 atom stereocenters. The minimum absolute atomic E-state index is 0.154. The highest BCUT2D eigenvalue weighted by Crippen LogP contribution is 2.23. The molecule has 2 heterocycles. The second kappa shape index (κ2) is 7.81. The van der Waals surface area contributed by atoms with E-state index >= 15 is 0 Å². The molecule has 0 radical (unpaired) electrons. The molecule has 2 aromatic rings. The van der Waals surface area contributed by atoms with Crippen molar-refractivity contribution in [2.24, 2.45) is 5.92 Å². The SMILES string of the molecule is Cc1noc(C)c1CC(=O)N1CCCC(CCc2ccc(F)cc2)C1. The average Bonchev–Trinajstić information content (AvgIpc) is 2.93. The van der Waals surface area contributed by atoms with Crippen molar-refractivity contribution in [2.45, 2.75) is 46.0 Å². The van der Waals surface area contributed by atoms with E-state index in [-0.39, 0.29) is 11.7 Å². The van der Waals surface area contributed by atoms with Gasteiger partial charge in [-0.25, -0.2) is 4.39 Å². The van der Waals surface area contributed by atoms with Crippen LogP contribution in [0.2, 0.25) is 0 Å². The van der Waals surface area contributed by atoms with Crippen molar-refractivity contribution in [3.63, 3.8) is 0 Å². The molecule has 1 aromatic carbocycles. The van der Waals surface area contributed by atoms with Crippen LogP contribution in [0.3, 0.4) is 0 Å². The van der Waals surface area contributed by atoms with Crippen LogP contribution in [-0.4, -0.2) is 29.1 Å². The molecule has 1 fully saturated rings.